The zero-order valence-corrected chi connectivity index (χ0v) is 20.2. The van der Waals surface area contributed by atoms with Crippen LogP contribution in [-0.2, 0) is 4.79 Å². The summed E-state index contributed by atoms with van der Waals surface area (Å²) in [5.41, 5.74) is 3.79. The Morgan fingerprint density at radius 1 is 1.03 bits per heavy atom. The minimum atomic E-state index is -0.167. The van der Waals surface area contributed by atoms with Gasteiger partial charge in [0.1, 0.15) is 5.82 Å². The summed E-state index contributed by atoms with van der Waals surface area (Å²) in [4.78, 5) is 24.0. The zero-order valence-electron chi connectivity index (χ0n) is 19.3. The maximum Gasteiger partial charge on any atom is 0.226 e. The third kappa shape index (κ3) is 4.93. The first kappa shape index (κ1) is 22.7. The SMILES string of the molecule is Cc1ccc(-n2cccc2[C@@H]2[C@@H](c3ccccn3)NC(=S)N2CCC(=O)Nc2ccccc2)nc1. The van der Waals surface area contributed by atoms with Crippen LogP contribution in [0.5, 0.6) is 0 Å². The van der Waals surface area contributed by atoms with E-state index in [1.807, 2.05) is 86.0 Å². The van der Waals surface area contributed by atoms with E-state index in [2.05, 4.69) is 36.1 Å². The Bertz CT molecular complexity index is 1310. The van der Waals surface area contributed by atoms with Crippen molar-refractivity contribution in [3.05, 3.63) is 108 Å². The van der Waals surface area contributed by atoms with Crippen LogP contribution in [0.4, 0.5) is 5.69 Å². The summed E-state index contributed by atoms with van der Waals surface area (Å²) in [5.74, 6) is 0.768. The van der Waals surface area contributed by atoms with Crippen LogP contribution < -0.4 is 10.6 Å². The highest BCUT2D eigenvalue weighted by molar-refractivity contribution is 7.80. The Balaban J connectivity index is 1.45. The average molecular weight is 483 g/mol. The lowest BCUT2D eigenvalue weighted by atomic mass is 10.0. The molecule has 1 aliphatic heterocycles. The minimum Gasteiger partial charge on any atom is -0.352 e. The van der Waals surface area contributed by atoms with Crippen molar-refractivity contribution in [1.82, 2.24) is 24.8 Å². The number of para-hydroxylation sites is 1. The van der Waals surface area contributed by atoms with E-state index in [-0.39, 0.29) is 18.0 Å². The van der Waals surface area contributed by atoms with Gasteiger partial charge in [-0.3, -0.25) is 9.78 Å². The first-order chi connectivity index (χ1) is 17.1. The molecule has 0 bridgehead atoms. The van der Waals surface area contributed by atoms with E-state index in [1.54, 1.807) is 6.20 Å². The molecule has 0 aliphatic carbocycles. The number of thiocarbonyl (C=S) groups is 1. The van der Waals surface area contributed by atoms with Crippen molar-refractivity contribution in [3.63, 3.8) is 0 Å². The summed E-state index contributed by atoms with van der Waals surface area (Å²) in [5, 5.41) is 7.01. The lowest BCUT2D eigenvalue weighted by molar-refractivity contribution is -0.116. The van der Waals surface area contributed by atoms with Gasteiger partial charge in [0.15, 0.2) is 5.11 Å². The fourth-order valence-electron chi connectivity index (χ4n) is 4.38. The second-order valence-corrected chi connectivity index (χ2v) is 8.87. The highest BCUT2D eigenvalue weighted by atomic mass is 32.1. The quantitative estimate of drug-likeness (QED) is 0.376. The van der Waals surface area contributed by atoms with Crippen LogP contribution in [0.25, 0.3) is 5.82 Å². The maximum atomic E-state index is 12.7. The Kier molecular flexibility index (Phi) is 6.54. The molecule has 1 aromatic carbocycles. The number of carbonyl (C=O) groups is 1. The smallest absolute Gasteiger partial charge is 0.226 e. The standard InChI is InChI=1S/C27H26N6OS/c1-19-12-13-23(29-18-19)32-16-7-11-22(32)26-25(21-10-5-6-15-28-21)31-27(35)33(26)17-14-24(34)30-20-8-3-2-4-9-20/h2-13,15-16,18,25-26H,14,17H2,1H3,(H,30,34)(H,31,35)/t25-,26-/m1/s1. The molecule has 0 unspecified atom stereocenters. The lowest BCUT2D eigenvalue weighted by Gasteiger charge is -2.28. The number of aryl methyl sites for hydroxylation is 1. The summed E-state index contributed by atoms with van der Waals surface area (Å²) >= 11 is 5.76. The number of rotatable bonds is 7. The molecule has 0 spiro atoms. The van der Waals surface area contributed by atoms with Crippen LogP contribution in [-0.4, -0.2) is 37.0 Å². The predicted molar refractivity (Wildman–Crippen MR) is 140 cm³/mol. The van der Waals surface area contributed by atoms with Crippen LogP contribution in [0.2, 0.25) is 0 Å². The van der Waals surface area contributed by atoms with E-state index in [4.69, 9.17) is 12.2 Å². The maximum absolute atomic E-state index is 12.7. The number of anilines is 1. The number of hydrogen-bond donors (Lipinski definition) is 2. The van der Waals surface area contributed by atoms with E-state index < -0.39 is 0 Å². The molecule has 0 radical (unpaired) electrons. The van der Waals surface area contributed by atoms with Crippen LogP contribution >= 0.6 is 12.2 Å². The highest BCUT2D eigenvalue weighted by Crippen LogP contribution is 2.39. The molecule has 1 fully saturated rings. The van der Waals surface area contributed by atoms with Gasteiger partial charge in [-0.2, -0.15) is 0 Å². The molecule has 7 nitrogen and oxygen atoms in total. The van der Waals surface area contributed by atoms with Gasteiger partial charge in [0.25, 0.3) is 0 Å². The van der Waals surface area contributed by atoms with Crippen molar-refractivity contribution in [3.8, 4) is 5.82 Å². The van der Waals surface area contributed by atoms with Crippen molar-refractivity contribution >= 4 is 28.9 Å². The fraction of sp³-hybridized carbons (Fsp3) is 0.185. The van der Waals surface area contributed by atoms with E-state index >= 15 is 0 Å². The lowest BCUT2D eigenvalue weighted by Crippen LogP contribution is -2.33. The first-order valence-corrected chi connectivity index (χ1v) is 11.9. The minimum absolute atomic E-state index is 0.0605. The van der Waals surface area contributed by atoms with Gasteiger partial charge in [-0.25, -0.2) is 4.98 Å². The van der Waals surface area contributed by atoms with Crippen molar-refractivity contribution in [2.75, 3.05) is 11.9 Å². The summed E-state index contributed by atoms with van der Waals surface area (Å²) in [6.45, 7) is 2.48. The second kappa shape index (κ2) is 10.1. The zero-order chi connectivity index (χ0) is 24.2. The summed E-state index contributed by atoms with van der Waals surface area (Å²) in [7, 11) is 0. The molecule has 3 aromatic heterocycles. The van der Waals surface area contributed by atoms with Gasteiger partial charge in [0.2, 0.25) is 5.91 Å². The number of benzene rings is 1. The van der Waals surface area contributed by atoms with Crippen LogP contribution in [0, 0.1) is 6.92 Å². The van der Waals surface area contributed by atoms with Crippen molar-refractivity contribution in [2.24, 2.45) is 0 Å². The van der Waals surface area contributed by atoms with Gasteiger partial charge in [-0.05, 0) is 67.2 Å². The largest absolute Gasteiger partial charge is 0.352 e. The Morgan fingerprint density at radius 3 is 2.60 bits per heavy atom. The van der Waals surface area contributed by atoms with E-state index in [0.717, 1.165) is 28.5 Å². The second-order valence-electron chi connectivity index (χ2n) is 8.48. The first-order valence-electron chi connectivity index (χ1n) is 11.5. The van der Waals surface area contributed by atoms with Crippen LogP contribution in [0.3, 0.4) is 0 Å². The van der Waals surface area contributed by atoms with Crippen LogP contribution in [0.1, 0.15) is 35.5 Å². The van der Waals surface area contributed by atoms with Crippen molar-refractivity contribution in [2.45, 2.75) is 25.4 Å². The molecule has 4 aromatic rings. The topological polar surface area (TPSA) is 75.1 Å². The Labute approximate surface area is 209 Å². The molecule has 1 aliphatic rings. The number of aromatic nitrogens is 3. The predicted octanol–water partition coefficient (Wildman–Crippen LogP) is 4.58. The molecule has 8 heteroatoms. The monoisotopic (exact) mass is 482 g/mol. The summed E-state index contributed by atoms with van der Waals surface area (Å²) < 4.78 is 2.08. The highest BCUT2D eigenvalue weighted by Gasteiger charge is 2.41. The number of pyridine rings is 2. The van der Waals surface area contributed by atoms with E-state index in [1.165, 1.54) is 0 Å². The molecular formula is C27H26N6OS. The van der Waals surface area contributed by atoms with Crippen LogP contribution in [0.15, 0.2) is 91.4 Å². The van der Waals surface area contributed by atoms with E-state index in [9.17, 15) is 4.79 Å². The summed E-state index contributed by atoms with van der Waals surface area (Å²) in [6.07, 6.45) is 5.95. The third-order valence-corrected chi connectivity index (χ3v) is 6.41. The Morgan fingerprint density at radius 2 is 1.86 bits per heavy atom. The third-order valence-electron chi connectivity index (χ3n) is 6.06. The number of nitrogens with zero attached hydrogens (tertiary/aromatic N) is 4. The molecule has 5 rings (SSSR count). The molecule has 2 atom stereocenters. The van der Waals surface area contributed by atoms with Gasteiger partial charge in [0.05, 0.1) is 17.8 Å². The van der Waals surface area contributed by atoms with E-state index in [0.29, 0.717) is 18.1 Å². The molecule has 4 heterocycles. The molecule has 176 valence electrons. The molecule has 0 saturated carbocycles. The number of hydrogen-bond acceptors (Lipinski definition) is 4. The van der Waals surface area contributed by atoms with Gasteiger partial charge >= 0.3 is 0 Å². The molecule has 35 heavy (non-hydrogen) atoms. The van der Waals surface area contributed by atoms with Gasteiger partial charge < -0.3 is 20.1 Å². The molecule has 2 N–H and O–H groups in total. The van der Waals surface area contributed by atoms with Gasteiger partial charge in [-0.1, -0.05) is 30.3 Å². The normalized spacial score (nSPS) is 17.3. The Hall–Kier alpha value is -4.04. The van der Waals surface area contributed by atoms with Gasteiger partial charge in [0, 0.05) is 42.9 Å². The van der Waals surface area contributed by atoms with Gasteiger partial charge in [-0.15, -0.1) is 0 Å². The number of carbonyl (C=O) groups excluding carboxylic acids is 1. The molecule has 1 amide bonds. The summed E-state index contributed by atoms with van der Waals surface area (Å²) in [6, 6.07) is 23.1. The average Bonchev–Trinajstić information content (AvgIpc) is 3.48. The molecular weight excluding hydrogens is 456 g/mol. The fourth-order valence-corrected chi connectivity index (χ4v) is 4.71. The number of nitrogens with one attached hydrogen (secondary N) is 2. The van der Waals surface area contributed by atoms with Crippen molar-refractivity contribution < 1.29 is 4.79 Å². The molecule has 1 saturated heterocycles. The number of amides is 1. The van der Waals surface area contributed by atoms with Crippen molar-refractivity contribution in [1.29, 1.82) is 0 Å².